The second-order valence-electron chi connectivity index (χ2n) is 0.224. The Balaban J connectivity index is 0. The molecule has 0 saturated heterocycles. The van der Waals surface area contributed by atoms with Crippen LogP contribution in [0.5, 0.6) is 0 Å². The third-order valence-electron chi connectivity index (χ3n) is 0.0500. The normalized spacial score (nSPS) is 2.00. The van der Waals surface area contributed by atoms with Gasteiger partial charge in [0.25, 0.3) is 0 Å². The predicted molar refractivity (Wildman–Crippen MR) is 11.2 cm³/mol. The molecule has 0 aliphatic rings. The Hall–Kier alpha value is -0.280. The first-order valence-corrected chi connectivity index (χ1v) is 0.697. The quantitative estimate of drug-likeness (QED) is 0.568. The van der Waals surface area contributed by atoms with Crippen molar-refractivity contribution in [1.82, 2.24) is 0 Å². The first-order valence-electron chi connectivity index (χ1n) is 0.697. The van der Waals surface area contributed by atoms with Crippen LogP contribution >= 0.6 is 0 Å². The van der Waals surface area contributed by atoms with Crippen LogP contribution in [0.1, 0.15) is 0 Å². The molecule has 0 saturated carbocycles. The van der Waals surface area contributed by atoms with E-state index in [2.05, 4.69) is 0 Å². The molecule has 1 radical (unpaired) electrons. The zero-order chi connectivity index (χ0) is 3.41. The molecule has 0 unspecified atom stereocenters. The SMILES string of the molecule is N#CC#N.[Au]. The third kappa shape index (κ3) is 21.2. The molecule has 0 bridgehead atoms. The summed E-state index contributed by atoms with van der Waals surface area (Å²) in [5.74, 6) is 0. The molecule has 0 fully saturated rings. The minimum Gasteiger partial charge on any atom is -0.181 e. The molecule has 0 aliphatic carbocycles. The van der Waals surface area contributed by atoms with Gasteiger partial charge in [0.1, 0.15) is 0 Å². The minimum absolute atomic E-state index is 0. The van der Waals surface area contributed by atoms with E-state index in [0.29, 0.717) is 0 Å². The molecule has 0 aromatic carbocycles. The van der Waals surface area contributed by atoms with Crippen molar-refractivity contribution in [2.45, 2.75) is 0 Å². The number of hydrogen-bond donors (Lipinski definition) is 0. The summed E-state index contributed by atoms with van der Waals surface area (Å²) < 4.78 is 0. The molecule has 2 nitrogen and oxygen atoms in total. The molecule has 0 amide bonds. The van der Waals surface area contributed by atoms with E-state index in [4.69, 9.17) is 10.5 Å². The number of nitriles is 2. The zero-order valence-electron chi connectivity index (χ0n) is 2.20. The second kappa shape index (κ2) is 9.30. The number of nitrogens with zero attached hydrogens (tertiary/aromatic N) is 2. The summed E-state index contributed by atoms with van der Waals surface area (Å²) in [7, 11) is 0. The van der Waals surface area contributed by atoms with Gasteiger partial charge in [0.05, 0.1) is 0 Å². The molecule has 0 N–H and O–H groups in total. The van der Waals surface area contributed by atoms with Crippen molar-refractivity contribution in [3.8, 4) is 12.1 Å². The Bertz CT molecular complexity index is 62.6. The Morgan fingerprint density at radius 1 is 1.00 bits per heavy atom. The van der Waals surface area contributed by atoms with Gasteiger partial charge in [-0.25, -0.2) is 0 Å². The van der Waals surface area contributed by atoms with Gasteiger partial charge in [-0.05, 0) is 0 Å². The molecule has 29 valence electrons. The Labute approximate surface area is 45.5 Å². The van der Waals surface area contributed by atoms with E-state index < -0.39 is 0 Å². The minimum atomic E-state index is 0. The third-order valence-corrected chi connectivity index (χ3v) is 0.0500. The van der Waals surface area contributed by atoms with Gasteiger partial charge >= 0.3 is 0 Å². The van der Waals surface area contributed by atoms with Crippen LogP contribution in [0, 0.1) is 22.7 Å². The Kier molecular flexibility index (Phi) is 16.4. The summed E-state index contributed by atoms with van der Waals surface area (Å²) in [6, 6.07) is 2.47. The molecular formula is C2AuN2. The second-order valence-corrected chi connectivity index (χ2v) is 0.224. The van der Waals surface area contributed by atoms with E-state index in [1.54, 1.807) is 0 Å². The number of hydrogen-bond acceptors (Lipinski definition) is 2. The summed E-state index contributed by atoms with van der Waals surface area (Å²) in [4.78, 5) is 0. The van der Waals surface area contributed by atoms with Crippen LogP contribution < -0.4 is 0 Å². The van der Waals surface area contributed by atoms with E-state index in [1.165, 1.54) is 12.1 Å². The van der Waals surface area contributed by atoms with Crippen molar-refractivity contribution in [1.29, 1.82) is 10.5 Å². The molecule has 0 rings (SSSR count). The summed E-state index contributed by atoms with van der Waals surface area (Å²) in [6.45, 7) is 0. The fourth-order valence-electron chi connectivity index (χ4n) is 0. The van der Waals surface area contributed by atoms with Gasteiger partial charge in [0, 0.05) is 22.4 Å². The van der Waals surface area contributed by atoms with E-state index in [1.807, 2.05) is 0 Å². The van der Waals surface area contributed by atoms with Crippen LogP contribution in [-0.4, -0.2) is 0 Å². The number of rotatable bonds is 0. The molecule has 0 aliphatic heterocycles. The van der Waals surface area contributed by atoms with Gasteiger partial charge in [-0.3, -0.25) is 0 Å². The predicted octanol–water partition coefficient (Wildman–Crippen LogP) is 0.0311. The van der Waals surface area contributed by atoms with E-state index in [0.717, 1.165) is 0 Å². The molecule has 0 aromatic rings. The van der Waals surface area contributed by atoms with Crippen LogP contribution in [0.15, 0.2) is 0 Å². The maximum Gasteiger partial charge on any atom is 0.181 e. The Morgan fingerprint density at radius 2 is 1.20 bits per heavy atom. The summed E-state index contributed by atoms with van der Waals surface area (Å²) >= 11 is 0. The van der Waals surface area contributed by atoms with Crippen LogP contribution in [0.25, 0.3) is 0 Å². The van der Waals surface area contributed by atoms with E-state index in [-0.39, 0.29) is 22.4 Å². The van der Waals surface area contributed by atoms with Crippen LogP contribution in [0.4, 0.5) is 0 Å². The summed E-state index contributed by atoms with van der Waals surface area (Å²) in [5.41, 5.74) is 0. The largest absolute Gasteiger partial charge is 0.181 e. The van der Waals surface area contributed by atoms with Crippen LogP contribution in [0.2, 0.25) is 0 Å². The summed E-state index contributed by atoms with van der Waals surface area (Å²) in [5, 5.41) is 14.5. The monoisotopic (exact) mass is 249 g/mol. The van der Waals surface area contributed by atoms with Crippen LogP contribution in [0.3, 0.4) is 0 Å². The van der Waals surface area contributed by atoms with Gasteiger partial charge in [0.15, 0.2) is 12.1 Å². The van der Waals surface area contributed by atoms with Crippen molar-refractivity contribution in [3.63, 3.8) is 0 Å². The van der Waals surface area contributed by atoms with Gasteiger partial charge in [-0.1, -0.05) is 0 Å². The van der Waals surface area contributed by atoms with Gasteiger partial charge in [0.2, 0.25) is 0 Å². The van der Waals surface area contributed by atoms with Crippen molar-refractivity contribution in [2.75, 3.05) is 0 Å². The average Bonchev–Trinajstić information content (AvgIpc) is 1.37. The molecular weight excluding hydrogens is 249 g/mol. The average molecular weight is 249 g/mol. The van der Waals surface area contributed by atoms with Gasteiger partial charge in [-0.15, -0.1) is 0 Å². The first-order chi connectivity index (χ1) is 1.91. The molecule has 0 spiro atoms. The van der Waals surface area contributed by atoms with Crippen molar-refractivity contribution in [2.24, 2.45) is 0 Å². The maximum atomic E-state index is 7.26. The smallest absolute Gasteiger partial charge is 0.181 e. The maximum absolute atomic E-state index is 7.26. The van der Waals surface area contributed by atoms with Gasteiger partial charge in [-0.2, -0.15) is 10.5 Å². The topological polar surface area (TPSA) is 47.6 Å². The van der Waals surface area contributed by atoms with Crippen LogP contribution in [-0.2, 0) is 22.4 Å². The summed E-state index contributed by atoms with van der Waals surface area (Å²) in [6.07, 6.45) is 0. The van der Waals surface area contributed by atoms with Gasteiger partial charge < -0.3 is 0 Å². The fourth-order valence-corrected chi connectivity index (χ4v) is 0. The standard InChI is InChI=1S/C2N2.Au/c3-1-2-4;. The molecule has 0 heterocycles. The molecule has 0 aromatic heterocycles. The van der Waals surface area contributed by atoms with Crippen molar-refractivity contribution < 1.29 is 22.4 Å². The van der Waals surface area contributed by atoms with E-state index in [9.17, 15) is 0 Å². The molecule has 5 heavy (non-hydrogen) atoms. The van der Waals surface area contributed by atoms with E-state index >= 15 is 0 Å². The molecule has 0 atom stereocenters. The molecule has 3 heteroatoms. The van der Waals surface area contributed by atoms with Crippen molar-refractivity contribution in [3.05, 3.63) is 0 Å². The zero-order valence-corrected chi connectivity index (χ0v) is 4.36. The van der Waals surface area contributed by atoms with Crippen molar-refractivity contribution >= 4 is 0 Å². The first kappa shape index (κ1) is 8.83. The fraction of sp³-hybridized carbons (Fsp3) is 0. The Morgan fingerprint density at radius 3 is 1.20 bits per heavy atom.